The fraction of sp³-hybridized carbons (Fsp3) is 0.600. The van der Waals surface area contributed by atoms with Crippen LogP contribution < -0.4 is 0 Å². The second-order valence-corrected chi connectivity index (χ2v) is 3.76. The molecular weight excluding hydrogens is 162 g/mol. The molecule has 0 aromatic carbocycles. The molecule has 70 valence electrons. The molecule has 0 amide bonds. The van der Waals surface area contributed by atoms with E-state index in [1.807, 2.05) is 12.5 Å². The lowest BCUT2D eigenvalue weighted by molar-refractivity contribution is 0.547. The van der Waals surface area contributed by atoms with Crippen LogP contribution in [0.15, 0.2) is 21.8 Å². The van der Waals surface area contributed by atoms with Crippen molar-refractivity contribution in [2.75, 3.05) is 13.1 Å². The third-order valence-electron chi connectivity index (χ3n) is 2.39. The molecule has 13 heavy (non-hydrogen) atoms. The quantitative estimate of drug-likeness (QED) is 0.598. The van der Waals surface area contributed by atoms with Crippen molar-refractivity contribution < 1.29 is 0 Å². The lowest BCUT2D eigenvalue weighted by Crippen LogP contribution is -2.38. The summed E-state index contributed by atoms with van der Waals surface area (Å²) >= 11 is 0. The van der Waals surface area contributed by atoms with E-state index in [2.05, 4.69) is 28.7 Å². The summed E-state index contributed by atoms with van der Waals surface area (Å²) < 4.78 is 0. The third-order valence-corrected chi connectivity index (χ3v) is 2.39. The lowest BCUT2D eigenvalue weighted by Gasteiger charge is -2.30. The molecule has 3 heteroatoms. The van der Waals surface area contributed by atoms with E-state index in [1.54, 1.807) is 0 Å². The molecule has 0 spiro atoms. The van der Waals surface area contributed by atoms with Crippen LogP contribution in [0.4, 0.5) is 0 Å². The van der Waals surface area contributed by atoms with Gasteiger partial charge >= 0.3 is 0 Å². The molecule has 2 heterocycles. The van der Waals surface area contributed by atoms with Gasteiger partial charge < -0.3 is 4.90 Å². The molecule has 0 aliphatic carbocycles. The second kappa shape index (κ2) is 3.32. The number of nitrogens with zero attached hydrogens (tertiary/aromatic N) is 3. The van der Waals surface area contributed by atoms with Crippen molar-refractivity contribution in [2.45, 2.75) is 20.3 Å². The Balaban J connectivity index is 2.31. The van der Waals surface area contributed by atoms with Crippen LogP contribution in [0.25, 0.3) is 0 Å². The Kier molecular flexibility index (Phi) is 2.17. The van der Waals surface area contributed by atoms with E-state index in [-0.39, 0.29) is 0 Å². The molecule has 2 aliphatic rings. The van der Waals surface area contributed by atoms with E-state index in [9.17, 15) is 0 Å². The standard InChI is InChI=1S/C10H15N3/c1-8(2)9-6-11-7-13-5-3-4-12-10(9)13/h6-8H,3-5H2,1-2H3. The van der Waals surface area contributed by atoms with Gasteiger partial charge in [-0.05, 0) is 12.3 Å². The number of aliphatic imine (C=N–C) groups is 2. The van der Waals surface area contributed by atoms with Crippen LogP contribution in [0, 0.1) is 5.92 Å². The normalized spacial score (nSPS) is 21.3. The van der Waals surface area contributed by atoms with Crippen molar-refractivity contribution >= 4 is 12.2 Å². The average Bonchev–Trinajstić information content (AvgIpc) is 2.17. The highest BCUT2D eigenvalue weighted by molar-refractivity contribution is 6.06. The highest BCUT2D eigenvalue weighted by Gasteiger charge is 2.21. The van der Waals surface area contributed by atoms with Crippen molar-refractivity contribution in [3.05, 3.63) is 11.8 Å². The van der Waals surface area contributed by atoms with Crippen LogP contribution in [-0.4, -0.2) is 30.2 Å². The highest BCUT2D eigenvalue weighted by Crippen LogP contribution is 2.19. The molecule has 0 unspecified atom stereocenters. The topological polar surface area (TPSA) is 28.0 Å². The fourth-order valence-corrected chi connectivity index (χ4v) is 1.65. The van der Waals surface area contributed by atoms with E-state index in [0.29, 0.717) is 5.92 Å². The second-order valence-electron chi connectivity index (χ2n) is 3.76. The summed E-state index contributed by atoms with van der Waals surface area (Å²) in [5.74, 6) is 1.65. The molecule has 0 aromatic heterocycles. The SMILES string of the molecule is CC(C)C1=CN=CN2CCCN=C12. The van der Waals surface area contributed by atoms with Crippen LogP contribution >= 0.6 is 0 Å². The van der Waals surface area contributed by atoms with E-state index >= 15 is 0 Å². The molecule has 0 radical (unpaired) electrons. The van der Waals surface area contributed by atoms with Gasteiger partial charge in [0.15, 0.2) is 0 Å². The van der Waals surface area contributed by atoms with E-state index in [4.69, 9.17) is 0 Å². The Hall–Kier alpha value is -1.12. The Morgan fingerprint density at radius 1 is 1.46 bits per heavy atom. The Bertz CT molecular complexity index is 287. The van der Waals surface area contributed by atoms with Crippen LogP contribution in [0.3, 0.4) is 0 Å². The molecule has 2 rings (SSSR count). The molecule has 0 bridgehead atoms. The van der Waals surface area contributed by atoms with Crippen LogP contribution in [0.1, 0.15) is 20.3 Å². The van der Waals surface area contributed by atoms with Crippen molar-refractivity contribution in [3.63, 3.8) is 0 Å². The third kappa shape index (κ3) is 1.50. The number of hydrogen-bond donors (Lipinski definition) is 0. The Morgan fingerprint density at radius 2 is 2.31 bits per heavy atom. The van der Waals surface area contributed by atoms with E-state index in [1.165, 1.54) is 5.57 Å². The van der Waals surface area contributed by atoms with Crippen LogP contribution in [0.2, 0.25) is 0 Å². The summed E-state index contributed by atoms with van der Waals surface area (Å²) in [6.45, 7) is 6.39. The molecule has 0 atom stereocenters. The van der Waals surface area contributed by atoms with Gasteiger partial charge in [-0.25, -0.2) is 4.99 Å². The van der Waals surface area contributed by atoms with Gasteiger partial charge in [-0.2, -0.15) is 0 Å². The van der Waals surface area contributed by atoms with Gasteiger partial charge in [0, 0.05) is 24.9 Å². The van der Waals surface area contributed by atoms with Crippen LogP contribution in [0.5, 0.6) is 0 Å². The maximum absolute atomic E-state index is 4.54. The number of hydrogen-bond acceptors (Lipinski definition) is 3. The zero-order valence-corrected chi connectivity index (χ0v) is 8.20. The fourth-order valence-electron chi connectivity index (χ4n) is 1.65. The minimum Gasteiger partial charge on any atom is -0.317 e. The summed E-state index contributed by atoms with van der Waals surface area (Å²) in [6.07, 6.45) is 4.95. The predicted molar refractivity (Wildman–Crippen MR) is 55.0 cm³/mol. The summed E-state index contributed by atoms with van der Waals surface area (Å²) in [6, 6.07) is 0. The van der Waals surface area contributed by atoms with Gasteiger partial charge in [0.1, 0.15) is 5.84 Å². The van der Waals surface area contributed by atoms with Gasteiger partial charge in [0.25, 0.3) is 0 Å². The monoisotopic (exact) mass is 177 g/mol. The first-order chi connectivity index (χ1) is 6.29. The molecule has 3 nitrogen and oxygen atoms in total. The minimum atomic E-state index is 0.511. The molecule has 0 N–H and O–H groups in total. The first-order valence-corrected chi connectivity index (χ1v) is 4.84. The van der Waals surface area contributed by atoms with Gasteiger partial charge in [0.05, 0.1) is 6.34 Å². The van der Waals surface area contributed by atoms with Crippen molar-refractivity contribution in [3.8, 4) is 0 Å². The van der Waals surface area contributed by atoms with Crippen LogP contribution in [-0.2, 0) is 0 Å². The molecule has 0 saturated heterocycles. The first kappa shape index (κ1) is 8.48. The number of fused-ring (bicyclic) bond motifs is 1. The lowest BCUT2D eigenvalue weighted by atomic mass is 10.0. The molecule has 0 aromatic rings. The van der Waals surface area contributed by atoms with Gasteiger partial charge in [0.2, 0.25) is 0 Å². The summed E-state index contributed by atoms with van der Waals surface area (Å²) in [7, 11) is 0. The van der Waals surface area contributed by atoms with Gasteiger partial charge in [-0.15, -0.1) is 0 Å². The largest absolute Gasteiger partial charge is 0.317 e. The van der Waals surface area contributed by atoms with Gasteiger partial charge in [-0.1, -0.05) is 13.8 Å². The first-order valence-electron chi connectivity index (χ1n) is 4.84. The Morgan fingerprint density at radius 3 is 3.08 bits per heavy atom. The van der Waals surface area contributed by atoms with Crippen molar-refractivity contribution in [1.82, 2.24) is 4.90 Å². The number of rotatable bonds is 1. The maximum atomic E-state index is 4.54. The zero-order valence-electron chi connectivity index (χ0n) is 8.20. The predicted octanol–water partition coefficient (Wildman–Crippen LogP) is 1.67. The Labute approximate surface area is 78.9 Å². The smallest absolute Gasteiger partial charge is 0.133 e. The maximum Gasteiger partial charge on any atom is 0.133 e. The average molecular weight is 177 g/mol. The summed E-state index contributed by atoms with van der Waals surface area (Å²) in [5, 5.41) is 0. The highest BCUT2D eigenvalue weighted by atomic mass is 15.2. The number of amidine groups is 1. The molecule has 2 aliphatic heterocycles. The van der Waals surface area contributed by atoms with Gasteiger partial charge in [-0.3, -0.25) is 4.99 Å². The minimum absolute atomic E-state index is 0.511. The molecule has 0 fully saturated rings. The van der Waals surface area contributed by atoms with E-state index < -0.39 is 0 Å². The zero-order chi connectivity index (χ0) is 9.26. The van der Waals surface area contributed by atoms with E-state index in [0.717, 1.165) is 25.3 Å². The summed E-state index contributed by atoms with van der Waals surface area (Å²) in [5.41, 5.74) is 1.27. The molecule has 0 saturated carbocycles. The van der Waals surface area contributed by atoms with Crippen molar-refractivity contribution in [2.24, 2.45) is 15.9 Å². The van der Waals surface area contributed by atoms with Crippen molar-refractivity contribution in [1.29, 1.82) is 0 Å². The summed E-state index contributed by atoms with van der Waals surface area (Å²) in [4.78, 5) is 10.9. The molecular formula is C10H15N3.